The predicted molar refractivity (Wildman–Crippen MR) is 138 cm³/mol. The fraction of sp³-hybridized carbons (Fsp3) is 0.0741. The first-order chi connectivity index (χ1) is 16.4. The maximum Gasteiger partial charge on any atom is 0.293 e. The number of benzene rings is 3. The van der Waals surface area contributed by atoms with Gasteiger partial charge in [0.05, 0.1) is 0 Å². The smallest absolute Gasteiger partial charge is 0.293 e. The van der Waals surface area contributed by atoms with E-state index in [0.29, 0.717) is 22.7 Å². The molecule has 0 unspecified atom stereocenters. The summed E-state index contributed by atoms with van der Waals surface area (Å²) >= 11 is 5.26. The monoisotopic (exact) mass is 469 g/mol. The Kier molecular flexibility index (Phi) is 6.85. The minimum atomic E-state index is -0.445. The number of hydrogen-bond donors (Lipinski definition) is 3. The molecule has 0 radical (unpaired) electrons. The number of carbonyl (C=O) groups excluding carboxylic acids is 2. The van der Waals surface area contributed by atoms with Gasteiger partial charge in [-0.05, 0) is 91.8 Å². The van der Waals surface area contributed by atoms with Crippen molar-refractivity contribution in [1.82, 2.24) is 5.32 Å². The lowest BCUT2D eigenvalue weighted by Gasteiger charge is -2.10. The number of carbonyl (C=O) groups is 2. The molecule has 4 rings (SSSR count). The van der Waals surface area contributed by atoms with Crippen LogP contribution >= 0.6 is 12.2 Å². The summed E-state index contributed by atoms with van der Waals surface area (Å²) in [4.78, 5) is 24.8. The third-order valence-corrected chi connectivity index (χ3v) is 5.49. The molecule has 0 aliphatic rings. The van der Waals surface area contributed by atoms with Crippen LogP contribution in [0.2, 0.25) is 0 Å². The van der Waals surface area contributed by atoms with Gasteiger partial charge in [-0.25, -0.2) is 0 Å². The van der Waals surface area contributed by atoms with Crippen molar-refractivity contribution in [3.05, 3.63) is 107 Å². The van der Waals surface area contributed by atoms with Gasteiger partial charge in [-0.3, -0.25) is 14.9 Å². The third kappa shape index (κ3) is 5.57. The van der Waals surface area contributed by atoms with E-state index in [1.54, 1.807) is 48.5 Å². The third-order valence-electron chi connectivity index (χ3n) is 5.28. The van der Waals surface area contributed by atoms with Crippen LogP contribution in [0.4, 0.5) is 11.4 Å². The Balaban J connectivity index is 1.33. The van der Waals surface area contributed by atoms with Crippen molar-refractivity contribution in [3.8, 4) is 11.3 Å². The van der Waals surface area contributed by atoms with Gasteiger partial charge < -0.3 is 15.1 Å². The highest BCUT2D eigenvalue weighted by atomic mass is 32.1. The second kappa shape index (κ2) is 10.1. The molecule has 0 aliphatic heterocycles. The van der Waals surface area contributed by atoms with Crippen molar-refractivity contribution >= 4 is 40.5 Å². The van der Waals surface area contributed by atoms with Crippen molar-refractivity contribution < 1.29 is 14.0 Å². The van der Waals surface area contributed by atoms with Crippen molar-refractivity contribution in [3.63, 3.8) is 0 Å². The predicted octanol–water partition coefficient (Wildman–Crippen LogP) is 5.94. The van der Waals surface area contributed by atoms with Gasteiger partial charge >= 0.3 is 0 Å². The molecule has 3 aromatic carbocycles. The Labute approximate surface area is 203 Å². The highest BCUT2D eigenvalue weighted by molar-refractivity contribution is 7.80. The molecular weight excluding hydrogens is 446 g/mol. The van der Waals surface area contributed by atoms with Crippen LogP contribution in [0, 0.1) is 13.8 Å². The normalized spacial score (nSPS) is 10.4. The lowest BCUT2D eigenvalue weighted by atomic mass is 10.1. The first-order valence-corrected chi connectivity index (χ1v) is 11.1. The molecule has 170 valence electrons. The van der Waals surface area contributed by atoms with Crippen LogP contribution in [0.25, 0.3) is 11.3 Å². The molecule has 1 aromatic heterocycles. The molecule has 0 fully saturated rings. The number of nitrogens with one attached hydrogen (secondary N) is 3. The first kappa shape index (κ1) is 22.9. The highest BCUT2D eigenvalue weighted by Crippen LogP contribution is 2.24. The van der Waals surface area contributed by atoms with Gasteiger partial charge in [-0.15, -0.1) is 0 Å². The van der Waals surface area contributed by atoms with E-state index in [4.69, 9.17) is 16.6 Å². The summed E-state index contributed by atoms with van der Waals surface area (Å²) in [7, 11) is 0. The molecule has 0 saturated heterocycles. The van der Waals surface area contributed by atoms with E-state index < -0.39 is 5.91 Å². The zero-order chi connectivity index (χ0) is 24.1. The molecular formula is C27H23N3O3S. The Hall–Kier alpha value is -4.23. The molecule has 34 heavy (non-hydrogen) atoms. The molecule has 6 nitrogen and oxygen atoms in total. The molecule has 0 saturated carbocycles. The molecule has 0 aliphatic carbocycles. The standard InChI is InChI=1S/C27H23N3O3S/c1-17-8-9-20(16-18(17)2)23-14-15-24(33-23)26(32)30-27(34)29-22-12-10-21(11-13-22)28-25(31)19-6-4-3-5-7-19/h3-16H,1-2H3,(H,28,31)(H2,29,30,32,34). The lowest BCUT2D eigenvalue weighted by molar-refractivity contribution is 0.0950. The van der Waals surface area contributed by atoms with E-state index in [0.717, 1.165) is 11.1 Å². The number of anilines is 2. The number of rotatable bonds is 5. The zero-order valence-corrected chi connectivity index (χ0v) is 19.5. The van der Waals surface area contributed by atoms with Gasteiger partial charge in [0.1, 0.15) is 5.76 Å². The van der Waals surface area contributed by atoms with Crippen LogP contribution in [0.5, 0.6) is 0 Å². The van der Waals surface area contributed by atoms with Crippen LogP contribution in [0.15, 0.2) is 89.3 Å². The highest BCUT2D eigenvalue weighted by Gasteiger charge is 2.14. The molecule has 7 heteroatoms. The lowest BCUT2D eigenvalue weighted by Crippen LogP contribution is -2.33. The minimum absolute atomic E-state index is 0.134. The molecule has 0 atom stereocenters. The summed E-state index contributed by atoms with van der Waals surface area (Å²) in [6.07, 6.45) is 0. The number of furan rings is 1. The molecule has 0 spiro atoms. The molecule has 3 N–H and O–H groups in total. The van der Waals surface area contributed by atoms with E-state index in [1.165, 1.54) is 5.56 Å². The number of amides is 2. The van der Waals surface area contributed by atoms with Gasteiger partial charge in [-0.1, -0.05) is 30.3 Å². The van der Waals surface area contributed by atoms with E-state index >= 15 is 0 Å². The van der Waals surface area contributed by atoms with Gasteiger partial charge in [0, 0.05) is 22.5 Å². The van der Waals surface area contributed by atoms with Gasteiger partial charge in [0.25, 0.3) is 11.8 Å². The maximum atomic E-state index is 12.5. The Bertz CT molecular complexity index is 1350. The average molecular weight is 470 g/mol. The topological polar surface area (TPSA) is 83.4 Å². The molecule has 4 aromatic rings. The van der Waals surface area contributed by atoms with Crippen molar-refractivity contribution in [2.45, 2.75) is 13.8 Å². The van der Waals surface area contributed by atoms with Crippen LogP contribution in [0.3, 0.4) is 0 Å². The Morgan fingerprint density at radius 1 is 0.735 bits per heavy atom. The number of hydrogen-bond acceptors (Lipinski definition) is 4. The van der Waals surface area contributed by atoms with Gasteiger partial charge in [0.2, 0.25) is 0 Å². The van der Waals surface area contributed by atoms with Crippen molar-refractivity contribution in [2.75, 3.05) is 10.6 Å². The maximum absolute atomic E-state index is 12.5. The van der Waals surface area contributed by atoms with Crippen molar-refractivity contribution in [1.29, 1.82) is 0 Å². The zero-order valence-electron chi connectivity index (χ0n) is 18.7. The summed E-state index contributed by atoms with van der Waals surface area (Å²) in [6.45, 7) is 4.08. The average Bonchev–Trinajstić information content (AvgIpc) is 3.33. The van der Waals surface area contributed by atoms with Crippen molar-refractivity contribution in [2.24, 2.45) is 0 Å². The summed E-state index contributed by atoms with van der Waals surface area (Å²) in [5.74, 6) is 0.138. The SMILES string of the molecule is Cc1ccc(-c2ccc(C(=O)NC(=S)Nc3ccc(NC(=O)c4ccccc4)cc3)o2)cc1C. The molecule has 2 amide bonds. The largest absolute Gasteiger partial charge is 0.451 e. The second-order valence-corrected chi connectivity index (χ2v) is 8.18. The summed E-state index contributed by atoms with van der Waals surface area (Å²) < 4.78 is 5.73. The number of thiocarbonyl (C=S) groups is 1. The molecule has 1 heterocycles. The van der Waals surface area contributed by atoms with Crippen LogP contribution in [0.1, 0.15) is 32.0 Å². The van der Waals surface area contributed by atoms with E-state index in [9.17, 15) is 9.59 Å². The quantitative estimate of drug-likeness (QED) is 0.315. The Morgan fingerprint density at radius 3 is 2.09 bits per heavy atom. The first-order valence-electron chi connectivity index (χ1n) is 10.7. The van der Waals surface area contributed by atoms with Crippen LogP contribution < -0.4 is 16.0 Å². The molecule has 0 bridgehead atoms. The van der Waals surface area contributed by atoms with E-state index in [-0.39, 0.29) is 16.8 Å². The summed E-state index contributed by atoms with van der Waals surface area (Å²) in [5, 5.41) is 8.54. The van der Waals surface area contributed by atoms with Gasteiger partial charge in [0.15, 0.2) is 10.9 Å². The van der Waals surface area contributed by atoms with Crippen LogP contribution in [-0.2, 0) is 0 Å². The Morgan fingerprint density at radius 2 is 1.41 bits per heavy atom. The second-order valence-electron chi connectivity index (χ2n) is 7.77. The fourth-order valence-electron chi connectivity index (χ4n) is 3.27. The fourth-order valence-corrected chi connectivity index (χ4v) is 3.48. The summed E-state index contributed by atoms with van der Waals surface area (Å²) in [6, 6.07) is 25.3. The van der Waals surface area contributed by atoms with Gasteiger partial charge in [-0.2, -0.15) is 0 Å². The number of aryl methyl sites for hydroxylation is 2. The minimum Gasteiger partial charge on any atom is -0.451 e. The van der Waals surface area contributed by atoms with E-state index in [1.807, 2.05) is 50.2 Å². The van der Waals surface area contributed by atoms with Crippen LogP contribution in [-0.4, -0.2) is 16.9 Å². The van der Waals surface area contributed by atoms with E-state index in [2.05, 4.69) is 16.0 Å². The summed E-state index contributed by atoms with van der Waals surface area (Å²) in [5.41, 5.74) is 5.13.